The standard InChI is InChI=1S/C8H12N.C5H5.Fe/c1-9(2)7-8-5-3-4-6-8;1-2-4-5-3-1;/h3-6H,7H2,1-2H3;1-5H;/q-1;-5;. The minimum Gasteiger partial charge on any atom is -0.748 e. The SMILES string of the molecule is CN(C)C[c-]1cccc1.[Fe].[cH-]1[cH-][cH-][cH-][cH-]1. The van der Waals surface area contributed by atoms with Gasteiger partial charge in [0, 0.05) is 17.1 Å². The molecule has 0 aliphatic rings. The van der Waals surface area contributed by atoms with Crippen LogP contribution in [-0.2, 0) is 23.6 Å². The molecule has 1 nitrogen and oxygen atoms in total. The fourth-order valence-electron chi connectivity index (χ4n) is 1.21. The van der Waals surface area contributed by atoms with Crippen LogP contribution in [0.25, 0.3) is 0 Å². The quantitative estimate of drug-likeness (QED) is 0.579. The van der Waals surface area contributed by atoms with Gasteiger partial charge in [-0.1, -0.05) is 0 Å². The second-order valence-electron chi connectivity index (χ2n) is 3.49. The van der Waals surface area contributed by atoms with Gasteiger partial charge in [0.25, 0.3) is 0 Å². The zero-order valence-electron chi connectivity index (χ0n) is 9.20. The van der Waals surface area contributed by atoms with Crippen LogP contribution in [0.15, 0.2) is 54.6 Å². The first kappa shape index (κ1) is 14.2. The first-order chi connectivity index (χ1) is 6.79. The summed E-state index contributed by atoms with van der Waals surface area (Å²) in [5.41, 5.74) is 1.39. The van der Waals surface area contributed by atoms with Crippen LogP contribution < -0.4 is 0 Å². The first-order valence-electron chi connectivity index (χ1n) is 4.81. The van der Waals surface area contributed by atoms with Crippen LogP contribution in [0.1, 0.15) is 5.56 Å². The molecule has 2 aromatic carbocycles. The minimum atomic E-state index is 0. The van der Waals surface area contributed by atoms with Gasteiger partial charge in [-0.15, -0.1) is 5.56 Å². The Morgan fingerprint density at radius 1 is 0.933 bits per heavy atom. The van der Waals surface area contributed by atoms with E-state index in [4.69, 9.17) is 0 Å². The van der Waals surface area contributed by atoms with E-state index in [-0.39, 0.29) is 17.1 Å². The Kier molecular flexibility index (Phi) is 8.02. The van der Waals surface area contributed by atoms with E-state index in [0.29, 0.717) is 0 Å². The summed E-state index contributed by atoms with van der Waals surface area (Å²) in [5, 5.41) is 0. The fraction of sp³-hybridized carbons (Fsp3) is 0.231. The third kappa shape index (κ3) is 7.15. The van der Waals surface area contributed by atoms with Gasteiger partial charge >= 0.3 is 0 Å². The van der Waals surface area contributed by atoms with Crippen LogP contribution >= 0.6 is 0 Å². The smallest absolute Gasteiger partial charge is 0 e. The maximum atomic E-state index is 2.16. The van der Waals surface area contributed by atoms with Crippen LogP contribution in [0.4, 0.5) is 0 Å². The van der Waals surface area contributed by atoms with E-state index in [9.17, 15) is 0 Å². The molecule has 0 spiro atoms. The summed E-state index contributed by atoms with van der Waals surface area (Å²) in [5.74, 6) is 0. The Labute approximate surface area is 103 Å². The molecular formula is C13H17FeN-6. The molecule has 0 saturated carbocycles. The Morgan fingerprint density at radius 3 is 1.67 bits per heavy atom. The number of rotatable bonds is 2. The molecule has 0 radical (unpaired) electrons. The van der Waals surface area contributed by atoms with E-state index in [0.717, 1.165) is 6.54 Å². The Balaban J connectivity index is 0.000000280. The van der Waals surface area contributed by atoms with Crippen LogP contribution in [-0.4, -0.2) is 19.0 Å². The average Bonchev–Trinajstić information content (AvgIpc) is 2.75. The Morgan fingerprint density at radius 2 is 1.33 bits per heavy atom. The summed E-state index contributed by atoms with van der Waals surface area (Å²) in [6.07, 6.45) is 0. The van der Waals surface area contributed by atoms with Gasteiger partial charge in [-0.05, 0) is 20.6 Å². The van der Waals surface area contributed by atoms with E-state index in [2.05, 4.69) is 43.3 Å². The van der Waals surface area contributed by atoms with Gasteiger partial charge in [0.05, 0.1) is 0 Å². The third-order valence-corrected chi connectivity index (χ3v) is 1.79. The predicted molar refractivity (Wildman–Crippen MR) is 61.5 cm³/mol. The van der Waals surface area contributed by atoms with Crippen molar-refractivity contribution >= 4 is 0 Å². The number of hydrogen-bond acceptors (Lipinski definition) is 1. The predicted octanol–water partition coefficient (Wildman–Crippen LogP) is 2.87. The Bertz CT molecular complexity index is 278. The molecule has 0 heterocycles. The average molecular weight is 243 g/mol. The van der Waals surface area contributed by atoms with Crippen molar-refractivity contribution in [3.05, 3.63) is 60.2 Å². The van der Waals surface area contributed by atoms with E-state index in [1.54, 1.807) is 0 Å². The second-order valence-corrected chi connectivity index (χ2v) is 3.49. The molecule has 0 aliphatic carbocycles. The van der Waals surface area contributed by atoms with Crippen molar-refractivity contribution in [2.24, 2.45) is 0 Å². The normalized spacial score (nSPS) is 9.00. The molecule has 2 heteroatoms. The fourth-order valence-corrected chi connectivity index (χ4v) is 1.21. The molecule has 2 rings (SSSR count). The van der Waals surface area contributed by atoms with Crippen molar-refractivity contribution in [3.8, 4) is 0 Å². The minimum absolute atomic E-state index is 0. The molecule has 0 saturated heterocycles. The van der Waals surface area contributed by atoms with Crippen LogP contribution in [0.2, 0.25) is 0 Å². The van der Waals surface area contributed by atoms with Gasteiger partial charge < -0.3 is 35.2 Å². The van der Waals surface area contributed by atoms with E-state index >= 15 is 0 Å². The van der Waals surface area contributed by atoms with Crippen molar-refractivity contribution in [2.75, 3.05) is 14.1 Å². The molecule has 0 fully saturated rings. The van der Waals surface area contributed by atoms with E-state index in [1.165, 1.54) is 5.56 Å². The second kappa shape index (κ2) is 8.48. The van der Waals surface area contributed by atoms with E-state index < -0.39 is 0 Å². The molecule has 0 aromatic heterocycles. The van der Waals surface area contributed by atoms with Crippen molar-refractivity contribution in [1.82, 2.24) is 4.90 Å². The summed E-state index contributed by atoms with van der Waals surface area (Å²) in [6, 6.07) is 18.4. The summed E-state index contributed by atoms with van der Waals surface area (Å²) >= 11 is 0. The molecule has 0 unspecified atom stereocenters. The van der Waals surface area contributed by atoms with Gasteiger partial charge in [0.1, 0.15) is 0 Å². The first-order valence-corrected chi connectivity index (χ1v) is 4.81. The number of hydrogen-bond donors (Lipinski definition) is 0. The monoisotopic (exact) mass is 243 g/mol. The Hall–Kier alpha value is -0.821. The van der Waals surface area contributed by atoms with Crippen molar-refractivity contribution < 1.29 is 17.1 Å². The maximum absolute atomic E-state index is 2.16. The molecule has 0 amide bonds. The zero-order chi connectivity index (χ0) is 10.2. The van der Waals surface area contributed by atoms with Gasteiger partial charge in [-0.3, -0.25) is 0 Å². The van der Waals surface area contributed by atoms with Crippen molar-refractivity contribution in [2.45, 2.75) is 6.54 Å². The molecule has 2 aromatic rings. The maximum Gasteiger partial charge on any atom is 0 e. The molecule has 0 aliphatic heterocycles. The van der Waals surface area contributed by atoms with Gasteiger partial charge in [0.2, 0.25) is 0 Å². The van der Waals surface area contributed by atoms with Crippen LogP contribution in [0.3, 0.4) is 0 Å². The van der Waals surface area contributed by atoms with Gasteiger partial charge in [-0.25, -0.2) is 12.1 Å². The molecular weight excluding hydrogens is 226 g/mol. The molecule has 15 heavy (non-hydrogen) atoms. The van der Waals surface area contributed by atoms with E-state index in [1.807, 2.05) is 30.3 Å². The third-order valence-electron chi connectivity index (χ3n) is 1.79. The van der Waals surface area contributed by atoms with Crippen molar-refractivity contribution in [1.29, 1.82) is 0 Å². The summed E-state index contributed by atoms with van der Waals surface area (Å²) in [6.45, 7) is 1.05. The van der Waals surface area contributed by atoms with Gasteiger partial charge in [-0.2, -0.15) is 12.1 Å². The summed E-state index contributed by atoms with van der Waals surface area (Å²) in [4.78, 5) is 2.16. The zero-order valence-corrected chi connectivity index (χ0v) is 10.3. The molecule has 0 atom stereocenters. The summed E-state index contributed by atoms with van der Waals surface area (Å²) < 4.78 is 0. The number of nitrogens with zero attached hydrogens (tertiary/aromatic N) is 1. The van der Waals surface area contributed by atoms with Gasteiger partial charge in [0.15, 0.2) is 0 Å². The molecule has 88 valence electrons. The van der Waals surface area contributed by atoms with Crippen LogP contribution in [0, 0.1) is 0 Å². The van der Waals surface area contributed by atoms with Crippen molar-refractivity contribution in [3.63, 3.8) is 0 Å². The summed E-state index contributed by atoms with van der Waals surface area (Å²) in [7, 11) is 4.15. The largest absolute Gasteiger partial charge is 0.748 e. The topological polar surface area (TPSA) is 3.24 Å². The molecule has 0 N–H and O–H groups in total. The van der Waals surface area contributed by atoms with Crippen LogP contribution in [0.5, 0.6) is 0 Å². The molecule has 0 bridgehead atoms.